The molecule has 0 bridgehead atoms. The summed E-state index contributed by atoms with van der Waals surface area (Å²) in [7, 11) is 1.61. The predicted molar refractivity (Wildman–Crippen MR) is 103 cm³/mol. The summed E-state index contributed by atoms with van der Waals surface area (Å²) in [6.45, 7) is 4.15. The lowest BCUT2D eigenvalue weighted by Crippen LogP contribution is -2.51. The lowest BCUT2D eigenvalue weighted by Gasteiger charge is -2.39. The van der Waals surface area contributed by atoms with Crippen molar-refractivity contribution in [1.82, 2.24) is 10.2 Å². The second-order valence-corrected chi connectivity index (χ2v) is 7.35. The third-order valence-corrected chi connectivity index (χ3v) is 5.70. The van der Waals surface area contributed by atoms with Crippen LogP contribution in [0.25, 0.3) is 0 Å². The van der Waals surface area contributed by atoms with E-state index in [2.05, 4.69) is 5.32 Å². The number of rotatable bonds is 2. The summed E-state index contributed by atoms with van der Waals surface area (Å²) in [5.41, 5.74) is 1.49. The van der Waals surface area contributed by atoms with E-state index in [1.165, 1.54) is 0 Å². The SMILES string of the molecule is COc1cccc(C(=O)N2CCCOCCNC(=O)[C@@H]3CCCC[C@@H]32)c1C. The van der Waals surface area contributed by atoms with Gasteiger partial charge in [-0.15, -0.1) is 0 Å². The molecule has 6 heteroatoms. The van der Waals surface area contributed by atoms with Gasteiger partial charge >= 0.3 is 0 Å². The lowest BCUT2D eigenvalue weighted by molar-refractivity contribution is -0.128. The van der Waals surface area contributed by atoms with Gasteiger partial charge in [-0.1, -0.05) is 18.9 Å². The van der Waals surface area contributed by atoms with Crippen LogP contribution in [0.1, 0.15) is 48.0 Å². The fourth-order valence-electron chi connectivity index (χ4n) is 4.25. The van der Waals surface area contributed by atoms with E-state index >= 15 is 0 Å². The number of hydrogen-bond donors (Lipinski definition) is 1. The van der Waals surface area contributed by atoms with Gasteiger partial charge in [0.05, 0.1) is 19.6 Å². The number of nitrogens with zero attached hydrogens (tertiary/aromatic N) is 1. The van der Waals surface area contributed by atoms with E-state index in [-0.39, 0.29) is 23.8 Å². The van der Waals surface area contributed by atoms with E-state index in [1.807, 2.05) is 30.0 Å². The molecule has 148 valence electrons. The molecule has 0 radical (unpaired) electrons. The van der Waals surface area contributed by atoms with E-state index in [0.29, 0.717) is 37.6 Å². The molecular weight excluding hydrogens is 344 g/mol. The van der Waals surface area contributed by atoms with Crippen LogP contribution in [-0.4, -0.2) is 56.2 Å². The molecule has 1 aliphatic carbocycles. The van der Waals surface area contributed by atoms with E-state index in [1.54, 1.807) is 7.11 Å². The van der Waals surface area contributed by atoms with Gasteiger partial charge < -0.3 is 19.7 Å². The van der Waals surface area contributed by atoms with Gasteiger partial charge in [-0.2, -0.15) is 0 Å². The lowest BCUT2D eigenvalue weighted by atomic mass is 9.82. The number of hydrogen-bond acceptors (Lipinski definition) is 4. The fraction of sp³-hybridized carbons (Fsp3) is 0.619. The summed E-state index contributed by atoms with van der Waals surface area (Å²) in [6, 6.07) is 5.50. The van der Waals surface area contributed by atoms with Crippen LogP contribution in [0.5, 0.6) is 5.75 Å². The number of carbonyl (C=O) groups excluding carboxylic acids is 2. The van der Waals surface area contributed by atoms with E-state index in [4.69, 9.17) is 9.47 Å². The minimum Gasteiger partial charge on any atom is -0.496 e. The van der Waals surface area contributed by atoms with Crippen LogP contribution in [0.3, 0.4) is 0 Å². The molecule has 0 aromatic heterocycles. The highest BCUT2D eigenvalue weighted by atomic mass is 16.5. The zero-order valence-electron chi connectivity index (χ0n) is 16.3. The molecule has 0 spiro atoms. The molecule has 1 aromatic carbocycles. The van der Waals surface area contributed by atoms with Crippen LogP contribution in [0.4, 0.5) is 0 Å². The van der Waals surface area contributed by atoms with Crippen molar-refractivity contribution in [3.8, 4) is 5.75 Å². The van der Waals surface area contributed by atoms with Gasteiger partial charge in [0, 0.05) is 36.9 Å². The minimum absolute atomic E-state index is 0.0182. The molecule has 27 heavy (non-hydrogen) atoms. The van der Waals surface area contributed by atoms with Crippen LogP contribution in [-0.2, 0) is 9.53 Å². The van der Waals surface area contributed by atoms with Crippen LogP contribution in [0.15, 0.2) is 18.2 Å². The smallest absolute Gasteiger partial charge is 0.254 e. The molecule has 1 N–H and O–H groups in total. The maximum Gasteiger partial charge on any atom is 0.254 e. The van der Waals surface area contributed by atoms with Crippen molar-refractivity contribution in [3.05, 3.63) is 29.3 Å². The summed E-state index contributed by atoms with van der Waals surface area (Å²) in [5, 5.41) is 2.99. The van der Waals surface area contributed by atoms with Crippen LogP contribution in [0, 0.1) is 12.8 Å². The number of methoxy groups -OCH3 is 1. The summed E-state index contributed by atoms with van der Waals surface area (Å²) < 4.78 is 11.0. The molecule has 0 unspecified atom stereocenters. The van der Waals surface area contributed by atoms with Gasteiger partial charge in [0.2, 0.25) is 5.91 Å². The number of benzene rings is 1. The van der Waals surface area contributed by atoms with Gasteiger partial charge in [-0.25, -0.2) is 0 Å². The van der Waals surface area contributed by atoms with Crippen molar-refractivity contribution in [1.29, 1.82) is 0 Å². The van der Waals surface area contributed by atoms with Crippen molar-refractivity contribution in [2.24, 2.45) is 5.92 Å². The largest absolute Gasteiger partial charge is 0.496 e. The maximum absolute atomic E-state index is 13.5. The third kappa shape index (κ3) is 4.43. The first-order valence-electron chi connectivity index (χ1n) is 9.93. The summed E-state index contributed by atoms with van der Waals surface area (Å²) >= 11 is 0. The van der Waals surface area contributed by atoms with Crippen molar-refractivity contribution in [2.75, 3.05) is 33.4 Å². The molecule has 6 nitrogen and oxygen atoms in total. The Bertz CT molecular complexity index is 676. The second-order valence-electron chi connectivity index (χ2n) is 7.35. The average molecular weight is 374 g/mol. The molecule has 2 amide bonds. The van der Waals surface area contributed by atoms with Gasteiger partial charge in [0.25, 0.3) is 5.91 Å². The van der Waals surface area contributed by atoms with Crippen molar-refractivity contribution >= 4 is 11.8 Å². The molecule has 2 atom stereocenters. The first-order valence-corrected chi connectivity index (χ1v) is 9.93. The molecule has 1 saturated heterocycles. The highest BCUT2D eigenvalue weighted by Gasteiger charge is 2.37. The fourth-order valence-corrected chi connectivity index (χ4v) is 4.25. The van der Waals surface area contributed by atoms with Crippen molar-refractivity contribution in [2.45, 2.75) is 45.1 Å². The summed E-state index contributed by atoms with van der Waals surface area (Å²) in [6.07, 6.45) is 4.55. The Hall–Kier alpha value is -2.08. The first kappa shape index (κ1) is 19.7. The third-order valence-electron chi connectivity index (χ3n) is 5.70. The van der Waals surface area contributed by atoms with Crippen LogP contribution >= 0.6 is 0 Å². The monoisotopic (exact) mass is 374 g/mol. The van der Waals surface area contributed by atoms with Crippen LogP contribution in [0.2, 0.25) is 0 Å². The zero-order chi connectivity index (χ0) is 19.2. The second kappa shape index (κ2) is 9.22. The molecule has 1 aliphatic heterocycles. The molecule has 3 rings (SSSR count). The first-order chi connectivity index (χ1) is 13.1. The molecule has 2 aliphatic rings. The van der Waals surface area contributed by atoms with Crippen LogP contribution < -0.4 is 10.1 Å². The normalized spacial score (nSPS) is 24.4. The Balaban J connectivity index is 1.92. The number of ether oxygens (including phenoxy) is 2. The Kier molecular flexibility index (Phi) is 6.72. The Labute approximate surface area is 161 Å². The standard InChI is InChI=1S/C21H30N2O4/c1-15-16(8-5-10-19(15)26-2)21(25)23-12-6-13-27-14-11-22-20(24)17-7-3-4-9-18(17)23/h5,8,10,17-18H,3-4,6-7,9,11-14H2,1-2H3,(H,22,24)/t17-,18+/m1/s1. The number of amides is 2. The average Bonchev–Trinajstić information content (AvgIpc) is 2.72. The summed E-state index contributed by atoms with van der Waals surface area (Å²) in [4.78, 5) is 28.1. The molecule has 2 fully saturated rings. The number of carbonyl (C=O) groups is 2. The highest BCUT2D eigenvalue weighted by Crippen LogP contribution is 2.31. The molecule has 1 heterocycles. The van der Waals surface area contributed by atoms with E-state index in [0.717, 1.165) is 37.7 Å². The Morgan fingerprint density at radius 3 is 2.85 bits per heavy atom. The Morgan fingerprint density at radius 1 is 1.22 bits per heavy atom. The molecule has 1 aromatic rings. The number of nitrogens with one attached hydrogen (secondary N) is 1. The number of fused-ring (bicyclic) bond motifs is 1. The van der Waals surface area contributed by atoms with Gasteiger partial charge in [0.1, 0.15) is 5.75 Å². The van der Waals surface area contributed by atoms with E-state index < -0.39 is 0 Å². The minimum atomic E-state index is -0.147. The topological polar surface area (TPSA) is 67.9 Å². The van der Waals surface area contributed by atoms with E-state index in [9.17, 15) is 9.59 Å². The van der Waals surface area contributed by atoms with Crippen molar-refractivity contribution in [3.63, 3.8) is 0 Å². The Morgan fingerprint density at radius 2 is 2.04 bits per heavy atom. The van der Waals surface area contributed by atoms with Crippen molar-refractivity contribution < 1.29 is 19.1 Å². The van der Waals surface area contributed by atoms with Gasteiger partial charge in [0.15, 0.2) is 0 Å². The predicted octanol–water partition coefficient (Wildman–Crippen LogP) is 2.54. The highest BCUT2D eigenvalue weighted by molar-refractivity contribution is 5.97. The maximum atomic E-state index is 13.5. The zero-order valence-corrected chi connectivity index (χ0v) is 16.3. The van der Waals surface area contributed by atoms with Gasteiger partial charge in [-0.05, 0) is 38.3 Å². The quantitative estimate of drug-likeness (QED) is 0.864. The molecular formula is C21H30N2O4. The summed E-state index contributed by atoms with van der Waals surface area (Å²) in [5.74, 6) is 0.590. The van der Waals surface area contributed by atoms with Gasteiger partial charge in [-0.3, -0.25) is 9.59 Å². The molecule has 1 saturated carbocycles.